The Bertz CT molecular complexity index is 3140. The van der Waals surface area contributed by atoms with Crippen LogP contribution >= 0.6 is 0 Å². The second kappa shape index (κ2) is 12.7. The fourth-order valence-corrected chi connectivity index (χ4v) is 9.88. The van der Waals surface area contributed by atoms with E-state index in [1.165, 1.54) is 49.7 Å². The van der Waals surface area contributed by atoms with Crippen LogP contribution in [0.3, 0.4) is 0 Å². The minimum absolute atomic E-state index is 0.443. The van der Waals surface area contributed by atoms with Crippen molar-refractivity contribution >= 4 is 38.9 Å². The van der Waals surface area contributed by atoms with E-state index < -0.39 is 5.41 Å². The predicted octanol–water partition coefficient (Wildman–Crippen LogP) is 14.4. The Morgan fingerprint density at radius 3 is 1.62 bits per heavy atom. The Morgan fingerprint density at radius 1 is 0.379 bits per heavy atom. The number of benzene rings is 9. The van der Waals surface area contributed by atoms with Crippen molar-refractivity contribution in [3.8, 4) is 39.4 Å². The maximum Gasteiger partial charge on any atom is 0.152 e. The molecule has 1 aliphatic heterocycles. The second-order valence-corrected chi connectivity index (χ2v) is 15.2. The Balaban J connectivity index is 0.980. The molecule has 0 saturated carbocycles. The van der Waals surface area contributed by atoms with Crippen molar-refractivity contribution in [3.05, 3.63) is 241 Å². The van der Waals surface area contributed by atoms with E-state index in [9.17, 15) is 0 Å². The van der Waals surface area contributed by atoms with E-state index >= 15 is 0 Å². The maximum absolute atomic E-state index is 6.61. The molecule has 10 aromatic rings. The van der Waals surface area contributed by atoms with E-state index in [1.807, 2.05) is 0 Å². The molecule has 0 saturated heterocycles. The molecule has 0 atom stereocenters. The summed E-state index contributed by atoms with van der Waals surface area (Å²) in [6.45, 7) is 0. The van der Waals surface area contributed by atoms with Crippen LogP contribution in [0.4, 0.5) is 17.1 Å². The molecular weight excluding hydrogens is 705 g/mol. The molecular formula is C55H36N2O. The van der Waals surface area contributed by atoms with Crippen molar-refractivity contribution < 1.29 is 4.74 Å². The summed E-state index contributed by atoms with van der Waals surface area (Å²) < 4.78 is 9.00. The van der Waals surface area contributed by atoms with E-state index in [0.717, 1.165) is 50.9 Å². The highest BCUT2D eigenvalue weighted by atomic mass is 16.5. The number of hydrogen-bond donors (Lipinski definition) is 0. The van der Waals surface area contributed by atoms with Gasteiger partial charge in [0.1, 0.15) is 0 Å². The van der Waals surface area contributed by atoms with Gasteiger partial charge >= 0.3 is 0 Å². The highest BCUT2D eigenvalue weighted by Gasteiger charge is 2.45. The van der Waals surface area contributed by atoms with Gasteiger partial charge in [-0.25, -0.2) is 0 Å². The van der Waals surface area contributed by atoms with Crippen LogP contribution in [0.5, 0.6) is 11.5 Å². The van der Waals surface area contributed by atoms with Gasteiger partial charge in [-0.05, 0) is 93.5 Å². The van der Waals surface area contributed by atoms with Gasteiger partial charge in [0, 0.05) is 33.4 Å². The van der Waals surface area contributed by atoms with E-state index in [2.05, 4.69) is 228 Å². The van der Waals surface area contributed by atoms with Crippen LogP contribution in [-0.4, -0.2) is 4.57 Å². The van der Waals surface area contributed by atoms with Gasteiger partial charge in [-0.3, -0.25) is 0 Å². The lowest BCUT2D eigenvalue weighted by Crippen LogP contribution is -2.28. The molecule has 0 spiro atoms. The molecule has 58 heavy (non-hydrogen) atoms. The molecule has 0 fully saturated rings. The van der Waals surface area contributed by atoms with Crippen molar-refractivity contribution in [2.75, 3.05) is 4.90 Å². The third-order valence-corrected chi connectivity index (χ3v) is 12.3. The average Bonchev–Trinajstić information content (AvgIpc) is 3.80. The molecule has 1 aromatic heterocycles. The zero-order valence-corrected chi connectivity index (χ0v) is 31.6. The summed E-state index contributed by atoms with van der Waals surface area (Å²) in [5, 5.41) is 2.42. The molecule has 272 valence electrons. The van der Waals surface area contributed by atoms with Gasteiger partial charge < -0.3 is 14.2 Å². The first-order valence-electron chi connectivity index (χ1n) is 19.9. The number of fused-ring (bicyclic) bond motifs is 8. The first-order valence-corrected chi connectivity index (χ1v) is 19.9. The van der Waals surface area contributed by atoms with Crippen molar-refractivity contribution in [1.82, 2.24) is 4.57 Å². The minimum atomic E-state index is -0.443. The number of hydrogen-bond acceptors (Lipinski definition) is 2. The smallest absolute Gasteiger partial charge is 0.152 e. The highest BCUT2D eigenvalue weighted by molar-refractivity contribution is 6.12. The topological polar surface area (TPSA) is 17.4 Å². The van der Waals surface area contributed by atoms with E-state index in [0.29, 0.717) is 0 Å². The predicted molar refractivity (Wildman–Crippen MR) is 238 cm³/mol. The van der Waals surface area contributed by atoms with Gasteiger partial charge in [-0.2, -0.15) is 0 Å². The largest absolute Gasteiger partial charge is 0.453 e. The quantitative estimate of drug-likeness (QED) is 0.169. The summed E-state index contributed by atoms with van der Waals surface area (Å²) >= 11 is 0. The van der Waals surface area contributed by atoms with Crippen LogP contribution in [0.25, 0.3) is 49.7 Å². The van der Waals surface area contributed by atoms with Crippen LogP contribution in [0, 0.1) is 0 Å². The first kappa shape index (κ1) is 32.6. The molecule has 0 bridgehead atoms. The second-order valence-electron chi connectivity index (χ2n) is 15.2. The molecule has 0 unspecified atom stereocenters. The number of nitrogens with zero attached hydrogens (tertiary/aromatic N) is 2. The number of ether oxygens (including phenoxy) is 1. The maximum atomic E-state index is 6.61. The van der Waals surface area contributed by atoms with Crippen molar-refractivity contribution in [3.63, 3.8) is 0 Å². The molecule has 0 N–H and O–H groups in total. The summed E-state index contributed by atoms with van der Waals surface area (Å²) in [6, 6.07) is 79.1. The normalized spacial score (nSPS) is 13.1. The van der Waals surface area contributed by atoms with Crippen LogP contribution < -0.4 is 9.64 Å². The highest BCUT2D eigenvalue weighted by Crippen LogP contribution is 2.56. The van der Waals surface area contributed by atoms with E-state index in [-0.39, 0.29) is 0 Å². The number of anilines is 3. The van der Waals surface area contributed by atoms with Gasteiger partial charge in [0.2, 0.25) is 0 Å². The van der Waals surface area contributed by atoms with Gasteiger partial charge in [0.05, 0.1) is 22.1 Å². The van der Waals surface area contributed by atoms with Crippen LogP contribution in [0.1, 0.15) is 22.3 Å². The zero-order valence-electron chi connectivity index (χ0n) is 31.6. The summed E-state index contributed by atoms with van der Waals surface area (Å²) in [4.78, 5) is 2.35. The molecule has 2 aliphatic rings. The summed E-state index contributed by atoms with van der Waals surface area (Å²) in [5.74, 6) is 1.74. The van der Waals surface area contributed by atoms with Gasteiger partial charge in [-0.1, -0.05) is 164 Å². The summed E-state index contributed by atoms with van der Waals surface area (Å²) in [7, 11) is 0. The Hall–Kier alpha value is -7.62. The first-order chi connectivity index (χ1) is 28.8. The van der Waals surface area contributed by atoms with E-state index in [1.54, 1.807) is 0 Å². The van der Waals surface area contributed by atoms with Crippen molar-refractivity contribution in [2.45, 2.75) is 5.41 Å². The molecule has 2 heterocycles. The molecule has 9 aromatic carbocycles. The van der Waals surface area contributed by atoms with Gasteiger partial charge in [-0.15, -0.1) is 0 Å². The Morgan fingerprint density at radius 2 is 0.897 bits per heavy atom. The fourth-order valence-electron chi connectivity index (χ4n) is 9.88. The standard InChI is InChI=1S/C55H36N2O/c1-3-15-38(16-4-1)55(48-24-10-7-19-44(48)45-20-8-11-25-49(45)55)39-31-35-42(36-32-39)56(40-17-5-2-6-18-40)41-33-29-37(30-34-41)43-22-13-27-51-53(43)57-50-26-12-9-21-46(50)47-23-14-28-52(58-51)54(47)57/h1-36H. The monoisotopic (exact) mass is 740 g/mol. The molecule has 1 aliphatic carbocycles. The lowest BCUT2D eigenvalue weighted by atomic mass is 9.68. The summed E-state index contributed by atoms with van der Waals surface area (Å²) in [6.07, 6.45) is 0. The minimum Gasteiger partial charge on any atom is -0.453 e. The number of aromatic nitrogens is 1. The molecule has 0 amide bonds. The lowest BCUT2D eigenvalue weighted by molar-refractivity contribution is 0.477. The van der Waals surface area contributed by atoms with Gasteiger partial charge in [0.15, 0.2) is 11.5 Å². The Labute approximate surface area is 337 Å². The number of para-hydroxylation sites is 4. The SMILES string of the molecule is c1ccc(N(c2ccc(-c3cccc4c3-n3c5ccccc5c5cccc(c53)O4)cc2)c2ccc(C3(c4ccccc4)c4ccccc4-c4ccccc43)cc2)cc1. The number of rotatable bonds is 6. The molecule has 3 nitrogen and oxygen atoms in total. The molecule has 12 rings (SSSR count). The van der Waals surface area contributed by atoms with Crippen LogP contribution in [-0.2, 0) is 5.41 Å². The van der Waals surface area contributed by atoms with Crippen molar-refractivity contribution in [2.24, 2.45) is 0 Å². The molecule has 3 heteroatoms. The van der Waals surface area contributed by atoms with Gasteiger partial charge in [0.25, 0.3) is 0 Å². The lowest BCUT2D eigenvalue weighted by Gasteiger charge is -2.34. The van der Waals surface area contributed by atoms with Crippen LogP contribution in [0.15, 0.2) is 218 Å². The van der Waals surface area contributed by atoms with Crippen molar-refractivity contribution in [1.29, 1.82) is 0 Å². The zero-order chi connectivity index (χ0) is 38.2. The Kier molecular flexibility index (Phi) is 7.14. The van der Waals surface area contributed by atoms with E-state index in [4.69, 9.17) is 4.74 Å². The van der Waals surface area contributed by atoms with Crippen LogP contribution in [0.2, 0.25) is 0 Å². The third kappa shape index (κ3) is 4.62. The fraction of sp³-hybridized carbons (Fsp3) is 0.0182. The third-order valence-electron chi connectivity index (χ3n) is 12.3. The molecule has 0 radical (unpaired) electrons. The summed E-state index contributed by atoms with van der Waals surface area (Å²) in [5.41, 5.74) is 16.2. The average molecular weight is 741 g/mol.